The molecule has 2 aliphatic heterocycles. The van der Waals surface area contributed by atoms with Crippen LogP contribution in [0.2, 0.25) is 0 Å². The Kier molecular flexibility index (Phi) is 1.29. The third-order valence-electron chi connectivity index (χ3n) is 2.76. The summed E-state index contributed by atoms with van der Waals surface area (Å²) in [5.41, 5.74) is -0.137. The zero-order valence-electron chi connectivity index (χ0n) is 5.77. The van der Waals surface area contributed by atoms with Crippen LogP contribution in [-0.4, -0.2) is 29.8 Å². The molecule has 0 aliphatic carbocycles. The Morgan fingerprint density at radius 1 is 1.40 bits per heavy atom. The Balaban J connectivity index is 2.23. The highest BCUT2D eigenvalue weighted by Crippen LogP contribution is 2.41. The van der Waals surface area contributed by atoms with Gasteiger partial charge < -0.3 is 4.90 Å². The SMILES string of the molecule is O=C(Cl)C12CCN(CC1)C2. The van der Waals surface area contributed by atoms with Crippen molar-refractivity contribution in [2.75, 3.05) is 19.6 Å². The lowest BCUT2D eigenvalue weighted by atomic mass is 9.86. The molecule has 3 heteroatoms. The van der Waals surface area contributed by atoms with Gasteiger partial charge in [-0.3, -0.25) is 4.79 Å². The molecule has 2 aliphatic rings. The quantitative estimate of drug-likeness (QED) is 0.529. The number of piperidine rings is 1. The van der Waals surface area contributed by atoms with Crippen molar-refractivity contribution in [3.63, 3.8) is 0 Å². The maximum Gasteiger partial charge on any atom is 0.229 e. The number of hydrogen-bond donors (Lipinski definition) is 0. The van der Waals surface area contributed by atoms with Crippen molar-refractivity contribution in [2.24, 2.45) is 5.41 Å². The molecule has 0 saturated carbocycles. The smallest absolute Gasteiger partial charge is 0.229 e. The molecule has 0 aromatic rings. The first-order chi connectivity index (χ1) is 4.73. The average Bonchev–Trinajstić information content (AvgIpc) is 2.45. The van der Waals surface area contributed by atoms with Gasteiger partial charge in [-0.2, -0.15) is 0 Å². The summed E-state index contributed by atoms with van der Waals surface area (Å²) in [6.45, 7) is 3.05. The summed E-state index contributed by atoms with van der Waals surface area (Å²) in [7, 11) is 0. The van der Waals surface area contributed by atoms with E-state index in [0.717, 1.165) is 32.5 Å². The van der Waals surface area contributed by atoms with Gasteiger partial charge >= 0.3 is 0 Å². The molecule has 2 rings (SSSR count). The van der Waals surface area contributed by atoms with Crippen LogP contribution in [0.5, 0.6) is 0 Å². The van der Waals surface area contributed by atoms with E-state index in [1.807, 2.05) is 0 Å². The van der Waals surface area contributed by atoms with Crippen molar-refractivity contribution < 1.29 is 4.79 Å². The van der Waals surface area contributed by atoms with E-state index >= 15 is 0 Å². The standard InChI is InChI=1S/C7H10ClNO/c8-6(10)7-1-3-9(5-7)4-2-7/h1-5H2. The van der Waals surface area contributed by atoms with Crippen LogP contribution in [0.3, 0.4) is 0 Å². The molecule has 2 fully saturated rings. The molecule has 0 atom stereocenters. The number of carbonyl (C=O) groups is 1. The van der Waals surface area contributed by atoms with E-state index in [0.29, 0.717) is 0 Å². The fourth-order valence-corrected chi connectivity index (χ4v) is 2.23. The summed E-state index contributed by atoms with van der Waals surface area (Å²) in [6.07, 6.45) is 1.96. The van der Waals surface area contributed by atoms with E-state index in [4.69, 9.17) is 11.6 Å². The zero-order valence-corrected chi connectivity index (χ0v) is 6.52. The van der Waals surface area contributed by atoms with Crippen molar-refractivity contribution in [3.05, 3.63) is 0 Å². The molecule has 0 spiro atoms. The molecule has 2 bridgehead atoms. The lowest BCUT2D eigenvalue weighted by Crippen LogP contribution is -2.25. The Morgan fingerprint density at radius 3 is 2.20 bits per heavy atom. The van der Waals surface area contributed by atoms with Crippen LogP contribution < -0.4 is 0 Å². The normalized spacial score (nSPS) is 44.3. The maximum absolute atomic E-state index is 11.0. The molecular weight excluding hydrogens is 150 g/mol. The van der Waals surface area contributed by atoms with E-state index in [9.17, 15) is 4.79 Å². The predicted octanol–water partition coefficient (Wildman–Crippen LogP) is 0.848. The van der Waals surface area contributed by atoms with Crippen LogP contribution in [0.25, 0.3) is 0 Å². The van der Waals surface area contributed by atoms with Crippen molar-refractivity contribution >= 4 is 16.8 Å². The Bertz CT molecular complexity index is 172. The lowest BCUT2D eigenvalue weighted by molar-refractivity contribution is -0.119. The van der Waals surface area contributed by atoms with Crippen LogP contribution in [0, 0.1) is 5.41 Å². The van der Waals surface area contributed by atoms with Crippen molar-refractivity contribution in [3.8, 4) is 0 Å². The second-order valence-electron chi connectivity index (χ2n) is 3.33. The average molecular weight is 160 g/mol. The fourth-order valence-electron chi connectivity index (χ4n) is 1.98. The topological polar surface area (TPSA) is 20.3 Å². The highest BCUT2D eigenvalue weighted by atomic mass is 35.5. The Hall–Kier alpha value is -0.0800. The van der Waals surface area contributed by atoms with Crippen LogP contribution in [0.4, 0.5) is 0 Å². The third kappa shape index (κ3) is 0.722. The minimum atomic E-state index is -0.137. The van der Waals surface area contributed by atoms with Gasteiger partial charge in [0.25, 0.3) is 0 Å². The predicted molar refractivity (Wildman–Crippen MR) is 39.0 cm³/mol. The zero-order chi connectivity index (χ0) is 7.19. The summed E-state index contributed by atoms with van der Waals surface area (Å²) in [5, 5.41) is -0.118. The number of fused-ring (bicyclic) bond motifs is 2. The first kappa shape index (κ1) is 6.62. The Labute approximate surface area is 65.1 Å². The molecule has 0 aromatic carbocycles. The molecule has 56 valence electrons. The number of nitrogens with zero attached hydrogens (tertiary/aromatic N) is 1. The maximum atomic E-state index is 11.0. The minimum absolute atomic E-state index is 0.118. The summed E-state index contributed by atoms with van der Waals surface area (Å²) in [5.74, 6) is 0. The summed E-state index contributed by atoms with van der Waals surface area (Å²) < 4.78 is 0. The summed E-state index contributed by atoms with van der Waals surface area (Å²) in [6, 6.07) is 0. The molecule has 0 unspecified atom stereocenters. The molecule has 2 saturated heterocycles. The first-order valence-corrected chi connectivity index (χ1v) is 4.03. The van der Waals surface area contributed by atoms with Gasteiger partial charge in [0.1, 0.15) is 0 Å². The van der Waals surface area contributed by atoms with Crippen LogP contribution in [0.1, 0.15) is 12.8 Å². The van der Waals surface area contributed by atoms with Gasteiger partial charge in [0.05, 0.1) is 5.41 Å². The van der Waals surface area contributed by atoms with E-state index in [1.165, 1.54) is 0 Å². The molecule has 0 N–H and O–H groups in total. The molecule has 0 aromatic heterocycles. The monoisotopic (exact) mass is 159 g/mol. The summed E-state index contributed by atoms with van der Waals surface area (Å²) in [4.78, 5) is 13.3. The van der Waals surface area contributed by atoms with Gasteiger partial charge in [-0.1, -0.05) is 0 Å². The van der Waals surface area contributed by atoms with Gasteiger partial charge in [-0.15, -0.1) is 0 Å². The highest BCUT2D eigenvalue weighted by molar-refractivity contribution is 6.64. The fraction of sp³-hybridized carbons (Fsp3) is 0.857. The first-order valence-electron chi connectivity index (χ1n) is 3.65. The number of carbonyl (C=O) groups excluding carboxylic acids is 1. The second kappa shape index (κ2) is 1.95. The van der Waals surface area contributed by atoms with Crippen molar-refractivity contribution in [1.29, 1.82) is 0 Å². The van der Waals surface area contributed by atoms with Gasteiger partial charge in [0.2, 0.25) is 5.24 Å². The largest absolute Gasteiger partial charge is 0.302 e. The summed E-state index contributed by atoms with van der Waals surface area (Å²) >= 11 is 5.50. The lowest BCUT2D eigenvalue weighted by Gasteiger charge is -2.19. The second-order valence-corrected chi connectivity index (χ2v) is 3.67. The van der Waals surface area contributed by atoms with Crippen LogP contribution in [0.15, 0.2) is 0 Å². The van der Waals surface area contributed by atoms with Crippen LogP contribution >= 0.6 is 11.6 Å². The molecular formula is C7H10ClNO. The van der Waals surface area contributed by atoms with Gasteiger partial charge in [0, 0.05) is 6.54 Å². The highest BCUT2D eigenvalue weighted by Gasteiger charge is 2.48. The number of rotatable bonds is 1. The molecule has 2 heterocycles. The van der Waals surface area contributed by atoms with E-state index < -0.39 is 0 Å². The Morgan fingerprint density at radius 2 is 2.00 bits per heavy atom. The molecule has 2 nitrogen and oxygen atoms in total. The van der Waals surface area contributed by atoms with Crippen molar-refractivity contribution in [1.82, 2.24) is 4.90 Å². The van der Waals surface area contributed by atoms with Gasteiger partial charge in [0.15, 0.2) is 0 Å². The van der Waals surface area contributed by atoms with E-state index in [2.05, 4.69) is 4.90 Å². The number of halogens is 1. The van der Waals surface area contributed by atoms with Crippen molar-refractivity contribution in [2.45, 2.75) is 12.8 Å². The van der Waals surface area contributed by atoms with E-state index in [-0.39, 0.29) is 10.7 Å². The molecule has 0 radical (unpaired) electrons. The van der Waals surface area contributed by atoms with Gasteiger partial charge in [-0.05, 0) is 37.5 Å². The molecule has 10 heavy (non-hydrogen) atoms. The van der Waals surface area contributed by atoms with Gasteiger partial charge in [-0.25, -0.2) is 0 Å². The number of hydrogen-bond acceptors (Lipinski definition) is 2. The third-order valence-corrected chi connectivity index (χ3v) is 3.16. The van der Waals surface area contributed by atoms with Crippen LogP contribution in [-0.2, 0) is 4.79 Å². The molecule has 0 amide bonds. The van der Waals surface area contributed by atoms with E-state index in [1.54, 1.807) is 0 Å². The minimum Gasteiger partial charge on any atom is -0.302 e.